The lowest BCUT2D eigenvalue weighted by Gasteiger charge is -2.17. The third kappa shape index (κ3) is 3.87. The van der Waals surface area contributed by atoms with E-state index in [1.54, 1.807) is 0 Å². The fourth-order valence-corrected chi connectivity index (χ4v) is 6.79. The number of nitriles is 2. The van der Waals surface area contributed by atoms with Crippen LogP contribution in [0.15, 0.2) is 146 Å². The van der Waals surface area contributed by atoms with Crippen LogP contribution in [0.25, 0.3) is 76.5 Å². The molecule has 2 heteroatoms. The van der Waals surface area contributed by atoms with Crippen molar-refractivity contribution in [1.82, 2.24) is 0 Å². The maximum absolute atomic E-state index is 10.4. The van der Waals surface area contributed by atoms with Crippen LogP contribution in [-0.4, -0.2) is 0 Å². The number of rotatable bonds is 3. The van der Waals surface area contributed by atoms with E-state index in [2.05, 4.69) is 109 Å². The predicted molar refractivity (Wildman–Crippen MR) is 182 cm³/mol. The SMILES string of the molecule is N#Cc1c2ccccc2c(-c2ccccc2)c2ccc(-c3ccc4c(-c5ccccc5)c5ccccc5c(C#N)c4c3)cc12. The van der Waals surface area contributed by atoms with Gasteiger partial charge in [0.25, 0.3) is 0 Å². The Balaban J connectivity index is 1.43. The lowest BCUT2D eigenvalue weighted by molar-refractivity contribution is 1.51. The van der Waals surface area contributed by atoms with Gasteiger partial charge >= 0.3 is 0 Å². The van der Waals surface area contributed by atoms with Crippen LogP contribution in [0.4, 0.5) is 0 Å². The molecule has 8 aromatic rings. The van der Waals surface area contributed by atoms with Crippen molar-refractivity contribution in [3.05, 3.63) is 157 Å². The highest BCUT2D eigenvalue weighted by Gasteiger charge is 2.18. The van der Waals surface area contributed by atoms with Crippen molar-refractivity contribution in [3.8, 4) is 45.5 Å². The number of benzene rings is 8. The molecule has 202 valence electrons. The highest BCUT2D eigenvalue weighted by Crippen LogP contribution is 2.43. The summed E-state index contributed by atoms with van der Waals surface area (Å²) in [4.78, 5) is 0. The number of fused-ring (bicyclic) bond motifs is 4. The molecule has 0 heterocycles. The maximum atomic E-state index is 10.4. The van der Waals surface area contributed by atoms with Gasteiger partial charge in [-0.3, -0.25) is 0 Å². The lowest BCUT2D eigenvalue weighted by atomic mass is 9.86. The van der Waals surface area contributed by atoms with Crippen molar-refractivity contribution < 1.29 is 0 Å². The van der Waals surface area contributed by atoms with Crippen LogP contribution >= 0.6 is 0 Å². The van der Waals surface area contributed by atoms with E-state index >= 15 is 0 Å². The number of hydrogen-bond acceptors (Lipinski definition) is 2. The third-order valence-corrected chi connectivity index (χ3v) is 8.73. The Morgan fingerprint density at radius 2 is 0.636 bits per heavy atom. The molecule has 0 N–H and O–H groups in total. The Morgan fingerprint density at radius 3 is 1.02 bits per heavy atom. The van der Waals surface area contributed by atoms with E-state index in [0.29, 0.717) is 11.1 Å². The minimum Gasteiger partial charge on any atom is -0.192 e. The van der Waals surface area contributed by atoms with E-state index in [0.717, 1.165) is 76.5 Å². The molecular formula is C42H24N2. The summed E-state index contributed by atoms with van der Waals surface area (Å²) in [7, 11) is 0. The van der Waals surface area contributed by atoms with E-state index in [9.17, 15) is 10.5 Å². The van der Waals surface area contributed by atoms with Crippen LogP contribution < -0.4 is 0 Å². The zero-order chi connectivity index (χ0) is 29.6. The molecule has 0 saturated heterocycles. The first-order valence-electron chi connectivity index (χ1n) is 14.6. The van der Waals surface area contributed by atoms with E-state index in [1.807, 2.05) is 48.5 Å². The Bertz CT molecular complexity index is 2320. The Labute approximate surface area is 255 Å². The molecule has 0 saturated carbocycles. The Hall–Kier alpha value is -6.22. The van der Waals surface area contributed by atoms with Crippen molar-refractivity contribution in [3.63, 3.8) is 0 Å². The van der Waals surface area contributed by atoms with Crippen molar-refractivity contribution in [2.75, 3.05) is 0 Å². The molecule has 0 amide bonds. The fraction of sp³-hybridized carbons (Fsp3) is 0. The predicted octanol–water partition coefficient (Wildman–Crippen LogP) is 11.0. The molecule has 0 aliphatic heterocycles. The van der Waals surface area contributed by atoms with E-state index < -0.39 is 0 Å². The summed E-state index contributed by atoms with van der Waals surface area (Å²) in [6.07, 6.45) is 0. The van der Waals surface area contributed by atoms with Crippen LogP contribution in [0.5, 0.6) is 0 Å². The molecule has 0 bridgehead atoms. The molecule has 2 nitrogen and oxygen atoms in total. The van der Waals surface area contributed by atoms with Gasteiger partial charge in [0.2, 0.25) is 0 Å². The highest BCUT2D eigenvalue weighted by molar-refractivity contribution is 6.18. The molecule has 8 aromatic carbocycles. The van der Waals surface area contributed by atoms with Gasteiger partial charge in [-0.25, -0.2) is 0 Å². The molecule has 0 spiro atoms. The van der Waals surface area contributed by atoms with Gasteiger partial charge in [-0.1, -0.05) is 133 Å². The molecule has 0 aliphatic rings. The number of nitrogens with zero attached hydrogens (tertiary/aromatic N) is 2. The van der Waals surface area contributed by atoms with Crippen molar-refractivity contribution in [2.45, 2.75) is 0 Å². The van der Waals surface area contributed by atoms with E-state index in [-0.39, 0.29) is 0 Å². The van der Waals surface area contributed by atoms with Crippen LogP contribution in [0.3, 0.4) is 0 Å². The standard InChI is InChI=1S/C42H24N2/c43-25-39-31-15-7-9-17-33(31)41(27-11-3-1-4-12-27)35-21-19-29(23-37(35)39)30-20-22-36-38(24-30)40(26-44)32-16-8-10-18-34(32)42(36)28-13-5-2-6-14-28/h1-24H. The molecule has 0 aromatic heterocycles. The molecule has 0 unspecified atom stereocenters. The van der Waals surface area contributed by atoms with Gasteiger partial charge in [0.15, 0.2) is 0 Å². The fourth-order valence-electron chi connectivity index (χ4n) is 6.79. The summed E-state index contributed by atoms with van der Waals surface area (Å²) in [5, 5.41) is 28.8. The van der Waals surface area contributed by atoms with Crippen molar-refractivity contribution in [1.29, 1.82) is 10.5 Å². The second-order valence-corrected chi connectivity index (χ2v) is 11.1. The molecule has 0 radical (unpaired) electrons. The van der Waals surface area contributed by atoms with E-state index in [1.165, 1.54) is 0 Å². The smallest absolute Gasteiger partial charge is 0.100 e. The van der Waals surface area contributed by atoms with Crippen LogP contribution in [0.2, 0.25) is 0 Å². The van der Waals surface area contributed by atoms with Gasteiger partial charge in [0.05, 0.1) is 11.1 Å². The summed E-state index contributed by atoms with van der Waals surface area (Å²) in [6.45, 7) is 0. The van der Waals surface area contributed by atoms with Crippen LogP contribution in [0, 0.1) is 22.7 Å². The van der Waals surface area contributed by atoms with Gasteiger partial charge < -0.3 is 0 Å². The Morgan fingerprint density at radius 1 is 0.295 bits per heavy atom. The van der Waals surface area contributed by atoms with Crippen molar-refractivity contribution >= 4 is 43.1 Å². The minimum atomic E-state index is 0.674. The summed E-state index contributed by atoms with van der Waals surface area (Å²) in [5.74, 6) is 0. The first-order valence-corrected chi connectivity index (χ1v) is 14.6. The second-order valence-electron chi connectivity index (χ2n) is 11.1. The zero-order valence-corrected chi connectivity index (χ0v) is 23.8. The first-order chi connectivity index (χ1) is 21.8. The first kappa shape index (κ1) is 25.5. The molecule has 8 rings (SSSR count). The molecule has 0 fully saturated rings. The molecule has 44 heavy (non-hydrogen) atoms. The quantitative estimate of drug-likeness (QED) is 0.203. The molecule has 0 aliphatic carbocycles. The lowest BCUT2D eigenvalue weighted by Crippen LogP contribution is -1.92. The van der Waals surface area contributed by atoms with Crippen molar-refractivity contribution in [2.24, 2.45) is 0 Å². The summed E-state index contributed by atoms with van der Waals surface area (Å²) >= 11 is 0. The van der Waals surface area contributed by atoms with Gasteiger partial charge in [-0.2, -0.15) is 10.5 Å². The summed E-state index contributed by atoms with van der Waals surface area (Å²) in [6, 6.07) is 55.0. The summed E-state index contributed by atoms with van der Waals surface area (Å²) in [5.41, 5.74) is 7.86. The van der Waals surface area contributed by atoms with Gasteiger partial charge in [0.1, 0.15) is 12.1 Å². The van der Waals surface area contributed by atoms with Crippen LogP contribution in [0.1, 0.15) is 11.1 Å². The normalized spacial score (nSPS) is 11.1. The largest absolute Gasteiger partial charge is 0.192 e. The Kier molecular flexibility index (Phi) is 5.94. The van der Waals surface area contributed by atoms with E-state index in [4.69, 9.17) is 0 Å². The highest BCUT2D eigenvalue weighted by atomic mass is 14.3. The number of hydrogen-bond donors (Lipinski definition) is 0. The monoisotopic (exact) mass is 556 g/mol. The molecular weight excluding hydrogens is 532 g/mol. The third-order valence-electron chi connectivity index (χ3n) is 8.73. The summed E-state index contributed by atoms with van der Waals surface area (Å²) < 4.78 is 0. The average molecular weight is 557 g/mol. The second kappa shape index (κ2) is 10.2. The van der Waals surface area contributed by atoms with Crippen LogP contribution in [-0.2, 0) is 0 Å². The average Bonchev–Trinajstić information content (AvgIpc) is 3.09. The van der Waals surface area contributed by atoms with Gasteiger partial charge in [-0.05, 0) is 67.1 Å². The van der Waals surface area contributed by atoms with Gasteiger partial charge in [0, 0.05) is 21.5 Å². The topological polar surface area (TPSA) is 47.6 Å². The zero-order valence-electron chi connectivity index (χ0n) is 23.8. The molecule has 0 atom stereocenters. The minimum absolute atomic E-state index is 0.674. The van der Waals surface area contributed by atoms with Gasteiger partial charge in [-0.15, -0.1) is 0 Å². The maximum Gasteiger partial charge on any atom is 0.100 e.